The number of hydrogen-bond donors (Lipinski definition) is 1. The third-order valence-electron chi connectivity index (χ3n) is 6.49. The van der Waals surface area contributed by atoms with E-state index < -0.39 is 12.0 Å². The van der Waals surface area contributed by atoms with E-state index in [1.165, 1.54) is 11.8 Å². The van der Waals surface area contributed by atoms with Crippen molar-refractivity contribution in [3.05, 3.63) is 46.1 Å². The number of carbonyl (C=O) groups is 2. The summed E-state index contributed by atoms with van der Waals surface area (Å²) in [5.41, 5.74) is 2.48. The molecule has 4 rings (SSSR count). The van der Waals surface area contributed by atoms with Crippen LogP contribution in [-0.4, -0.2) is 86.6 Å². The molecule has 38 heavy (non-hydrogen) atoms. The van der Waals surface area contributed by atoms with E-state index in [9.17, 15) is 9.59 Å². The van der Waals surface area contributed by atoms with Crippen molar-refractivity contribution in [3.8, 4) is 11.5 Å². The summed E-state index contributed by atoms with van der Waals surface area (Å²) in [4.78, 5) is 35.3. The molecule has 0 bridgehead atoms. The first-order valence-electron chi connectivity index (χ1n) is 12.8. The molecule has 1 aromatic rings. The highest BCUT2D eigenvalue weighted by molar-refractivity contribution is 8.16. The van der Waals surface area contributed by atoms with Crippen molar-refractivity contribution in [3.63, 3.8) is 0 Å². The Balaban J connectivity index is 1.60. The van der Waals surface area contributed by atoms with E-state index in [-0.39, 0.29) is 18.4 Å². The van der Waals surface area contributed by atoms with Crippen LogP contribution in [0.2, 0.25) is 0 Å². The van der Waals surface area contributed by atoms with Gasteiger partial charge in [0.1, 0.15) is 11.5 Å². The van der Waals surface area contributed by atoms with Crippen LogP contribution in [0.5, 0.6) is 11.5 Å². The van der Waals surface area contributed by atoms with Gasteiger partial charge in [0.05, 0.1) is 57.3 Å². The third-order valence-corrected chi connectivity index (χ3v) is 7.38. The van der Waals surface area contributed by atoms with Crippen LogP contribution in [0, 0.1) is 0 Å². The molecule has 1 N–H and O–H groups in total. The molecule has 206 valence electrons. The number of rotatable bonds is 10. The second-order valence-corrected chi connectivity index (χ2v) is 10.3. The number of fused-ring (bicyclic) bond motifs is 1. The summed E-state index contributed by atoms with van der Waals surface area (Å²) in [6, 6.07) is 4.91. The smallest absolute Gasteiger partial charge is 0.338 e. The van der Waals surface area contributed by atoms with E-state index in [2.05, 4.69) is 10.2 Å². The minimum Gasteiger partial charge on any atom is -0.497 e. The molecule has 1 unspecified atom stereocenters. The van der Waals surface area contributed by atoms with Gasteiger partial charge in [-0.25, -0.2) is 9.79 Å². The number of hydrogen-bond acceptors (Lipinski definition) is 10. The minimum atomic E-state index is -0.586. The zero-order chi connectivity index (χ0) is 27.2. The highest BCUT2D eigenvalue weighted by atomic mass is 32.2. The van der Waals surface area contributed by atoms with Gasteiger partial charge in [0.25, 0.3) is 0 Å². The van der Waals surface area contributed by atoms with E-state index in [1.54, 1.807) is 27.2 Å². The van der Waals surface area contributed by atoms with Gasteiger partial charge in [-0.1, -0.05) is 11.8 Å². The molecule has 1 fully saturated rings. The number of amidine groups is 1. The number of benzene rings is 1. The molecule has 1 atom stereocenters. The minimum absolute atomic E-state index is 0.0932. The van der Waals surface area contributed by atoms with Crippen LogP contribution in [-0.2, 0) is 19.1 Å². The number of allylic oxidation sites excluding steroid dienone is 1. The fourth-order valence-electron chi connectivity index (χ4n) is 4.65. The average Bonchev–Trinajstić information content (AvgIpc) is 3.29. The van der Waals surface area contributed by atoms with Crippen molar-refractivity contribution in [1.82, 2.24) is 15.1 Å². The highest BCUT2D eigenvalue weighted by Gasteiger charge is 2.42. The first-order valence-corrected chi connectivity index (χ1v) is 13.6. The quantitative estimate of drug-likeness (QED) is 0.445. The van der Waals surface area contributed by atoms with Gasteiger partial charge >= 0.3 is 5.97 Å². The van der Waals surface area contributed by atoms with Crippen LogP contribution in [0.4, 0.5) is 0 Å². The van der Waals surface area contributed by atoms with E-state index in [1.807, 2.05) is 36.3 Å². The normalized spacial score (nSPS) is 19.6. The van der Waals surface area contributed by atoms with E-state index >= 15 is 0 Å². The van der Waals surface area contributed by atoms with Crippen LogP contribution in [0.1, 0.15) is 38.8 Å². The lowest BCUT2D eigenvalue weighted by Crippen LogP contribution is -2.42. The van der Waals surface area contributed by atoms with Crippen molar-refractivity contribution in [1.29, 1.82) is 0 Å². The number of esters is 1. The molecule has 11 heteroatoms. The predicted octanol–water partition coefficient (Wildman–Crippen LogP) is 3.07. The highest BCUT2D eigenvalue weighted by Crippen LogP contribution is 2.47. The van der Waals surface area contributed by atoms with Crippen molar-refractivity contribution in [2.24, 2.45) is 4.99 Å². The van der Waals surface area contributed by atoms with Gasteiger partial charge in [0.2, 0.25) is 5.91 Å². The van der Waals surface area contributed by atoms with Crippen molar-refractivity contribution >= 4 is 28.8 Å². The Labute approximate surface area is 228 Å². The maximum Gasteiger partial charge on any atom is 0.338 e. The summed E-state index contributed by atoms with van der Waals surface area (Å²) < 4.78 is 22.1. The van der Waals surface area contributed by atoms with Gasteiger partial charge < -0.3 is 29.2 Å². The monoisotopic (exact) mass is 544 g/mol. The lowest BCUT2D eigenvalue weighted by molar-refractivity contribution is -0.143. The van der Waals surface area contributed by atoms with Gasteiger partial charge in [-0.3, -0.25) is 9.69 Å². The summed E-state index contributed by atoms with van der Waals surface area (Å²) >= 11 is 1.43. The Morgan fingerprint density at radius 2 is 1.97 bits per heavy atom. The summed E-state index contributed by atoms with van der Waals surface area (Å²) in [6.45, 7) is 9.95. The standard InChI is InChI=1S/C27H36N4O6S/c1-17(2)37-26(33)24-18(3)29-27-31(25(24)21-7-6-20(34-4)15-22(21)35-5)19(16-38-27)14-23(32)28-8-9-30-10-12-36-13-11-30/h6-7,15-17,25H,8-14H2,1-5H3,(H,28,32). The van der Waals surface area contributed by atoms with Crippen molar-refractivity contribution in [2.75, 3.05) is 53.6 Å². The van der Waals surface area contributed by atoms with E-state index in [0.29, 0.717) is 34.5 Å². The van der Waals surface area contributed by atoms with Gasteiger partial charge in [-0.2, -0.15) is 0 Å². The molecule has 0 aromatic heterocycles. The van der Waals surface area contributed by atoms with Crippen molar-refractivity contribution in [2.45, 2.75) is 39.3 Å². The molecular weight excluding hydrogens is 508 g/mol. The van der Waals surface area contributed by atoms with E-state index in [4.69, 9.17) is 23.9 Å². The number of aliphatic imine (C=N–C) groups is 1. The van der Waals surface area contributed by atoms with Crippen LogP contribution in [0.3, 0.4) is 0 Å². The number of methoxy groups -OCH3 is 2. The maximum absolute atomic E-state index is 13.4. The first kappa shape index (κ1) is 28.0. The Morgan fingerprint density at radius 1 is 1.21 bits per heavy atom. The average molecular weight is 545 g/mol. The predicted molar refractivity (Wildman–Crippen MR) is 146 cm³/mol. The molecule has 3 aliphatic rings. The van der Waals surface area contributed by atoms with E-state index in [0.717, 1.165) is 44.1 Å². The van der Waals surface area contributed by atoms with Crippen molar-refractivity contribution < 1.29 is 28.5 Å². The lowest BCUT2D eigenvalue weighted by atomic mass is 9.93. The molecule has 1 saturated heterocycles. The second-order valence-electron chi connectivity index (χ2n) is 9.44. The second kappa shape index (κ2) is 12.7. The fourth-order valence-corrected chi connectivity index (χ4v) is 5.62. The van der Waals surface area contributed by atoms with Crippen LogP contribution in [0.25, 0.3) is 0 Å². The van der Waals surface area contributed by atoms with Gasteiger partial charge in [0, 0.05) is 43.5 Å². The maximum atomic E-state index is 13.4. The van der Waals surface area contributed by atoms with Crippen LogP contribution in [0.15, 0.2) is 45.6 Å². The Bertz CT molecular complexity index is 1140. The largest absolute Gasteiger partial charge is 0.497 e. The lowest BCUT2D eigenvalue weighted by Gasteiger charge is -2.37. The zero-order valence-electron chi connectivity index (χ0n) is 22.6. The summed E-state index contributed by atoms with van der Waals surface area (Å²) in [7, 11) is 3.17. The molecule has 3 heterocycles. The van der Waals surface area contributed by atoms with Gasteiger partial charge in [-0.15, -0.1) is 0 Å². The third kappa shape index (κ3) is 6.33. The fraction of sp³-hybridized carbons (Fsp3) is 0.519. The molecule has 0 aliphatic carbocycles. The van der Waals surface area contributed by atoms with Crippen LogP contribution >= 0.6 is 11.8 Å². The topological polar surface area (TPSA) is 102 Å². The molecule has 3 aliphatic heterocycles. The number of morpholine rings is 1. The number of thioether (sulfide) groups is 1. The zero-order valence-corrected chi connectivity index (χ0v) is 23.4. The molecule has 0 spiro atoms. The SMILES string of the molecule is COc1ccc(C2C(C(=O)OC(C)C)=C(C)N=C3SC=C(CC(=O)NCCN4CCOCC4)N32)c(OC)c1. The van der Waals surface area contributed by atoms with Gasteiger partial charge in [-0.05, 0) is 38.3 Å². The molecule has 1 amide bonds. The number of nitrogens with one attached hydrogen (secondary N) is 1. The first-order chi connectivity index (χ1) is 18.3. The summed E-state index contributed by atoms with van der Waals surface area (Å²) in [6.07, 6.45) is -0.151. The Kier molecular flexibility index (Phi) is 9.35. The molecule has 0 saturated carbocycles. The number of nitrogens with zero attached hydrogens (tertiary/aromatic N) is 3. The molecular formula is C27H36N4O6S. The van der Waals surface area contributed by atoms with Crippen LogP contribution < -0.4 is 14.8 Å². The number of ether oxygens (including phenoxy) is 4. The summed E-state index contributed by atoms with van der Waals surface area (Å²) in [5, 5.41) is 5.65. The Hall–Kier alpha value is -3.02. The number of carbonyl (C=O) groups excluding carboxylic acids is 2. The van der Waals surface area contributed by atoms with Gasteiger partial charge in [0.15, 0.2) is 5.17 Å². The Morgan fingerprint density at radius 3 is 2.66 bits per heavy atom. The molecule has 0 radical (unpaired) electrons. The molecule has 10 nitrogen and oxygen atoms in total. The molecule has 1 aromatic carbocycles. The summed E-state index contributed by atoms with van der Waals surface area (Å²) in [5.74, 6) is 0.650. The number of amides is 1.